The van der Waals surface area contributed by atoms with Crippen LogP contribution in [0.15, 0.2) is 47.4 Å². The number of pyridine rings is 1. The van der Waals surface area contributed by atoms with Crippen molar-refractivity contribution in [1.29, 1.82) is 0 Å². The standard InChI is InChI=1S/C13H11F3N2O/c14-13(15,16)10-3-1-9(2-4-10)8-18-12-7-11(19)5-6-17-12/h1-7H,8H2,(H2,17,18,19). The maximum Gasteiger partial charge on any atom is 0.416 e. The van der Waals surface area contributed by atoms with Crippen LogP contribution in [-0.2, 0) is 12.7 Å². The number of aromatic nitrogens is 1. The van der Waals surface area contributed by atoms with Crippen LogP contribution in [0.5, 0.6) is 0 Å². The van der Waals surface area contributed by atoms with E-state index in [-0.39, 0.29) is 5.43 Å². The van der Waals surface area contributed by atoms with Crippen LogP contribution < -0.4 is 10.7 Å². The molecule has 2 rings (SSSR count). The first-order valence-corrected chi connectivity index (χ1v) is 5.54. The van der Waals surface area contributed by atoms with Crippen LogP contribution in [0.2, 0.25) is 0 Å². The van der Waals surface area contributed by atoms with Gasteiger partial charge in [0.2, 0.25) is 0 Å². The molecule has 0 fully saturated rings. The third kappa shape index (κ3) is 3.61. The van der Waals surface area contributed by atoms with Crippen molar-refractivity contribution in [2.75, 3.05) is 5.32 Å². The molecule has 0 aliphatic heterocycles. The van der Waals surface area contributed by atoms with Crippen molar-refractivity contribution in [1.82, 2.24) is 4.98 Å². The molecule has 0 aliphatic carbocycles. The molecule has 0 spiro atoms. The Morgan fingerprint density at radius 1 is 1.11 bits per heavy atom. The number of halogens is 3. The number of hydrogen-bond acceptors (Lipinski definition) is 2. The van der Waals surface area contributed by atoms with Crippen molar-refractivity contribution in [3.05, 3.63) is 63.9 Å². The summed E-state index contributed by atoms with van der Waals surface area (Å²) in [6.45, 7) is 0.331. The molecule has 6 heteroatoms. The minimum absolute atomic E-state index is 0.145. The van der Waals surface area contributed by atoms with Crippen LogP contribution in [0.3, 0.4) is 0 Å². The Labute approximate surface area is 107 Å². The third-order valence-electron chi connectivity index (χ3n) is 2.54. The first kappa shape index (κ1) is 13.2. The Morgan fingerprint density at radius 2 is 1.79 bits per heavy atom. The number of H-pyrrole nitrogens is 1. The van der Waals surface area contributed by atoms with E-state index in [4.69, 9.17) is 0 Å². The molecule has 3 nitrogen and oxygen atoms in total. The summed E-state index contributed by atoms with van der Waals surface area (Å²) in [6, 6.07) is 7.62. The molecule has 2 N–H and O–H groups in total. The van der Waals surface area contributed by atoms with Gasteiger partial charge in [0.15, 0.2) is 5.43 Å². The second-order valence-electron chi connectivity index (χ2n) is 3.99. The molecular formula is C13H11F3N2O. The largest absolute Gasteiger partial charge is 0.416 e. The predicted molar refractivity (Wildman–Crippen MR) is 65.8 cm³/mol. The maximum atomic E-state index is 12.4. The SMILES string of the molecule is O=c1cc[nH]c(NCc2ccc(C(F)(F)F)cc2)c1. The minimum atomic E-state index is -4.32. The van der Waals surface area contributed by atoms with E-state index in [1.54, 1.807) is 0 Å². The second kappa shape index (κ2) is 5.17. The fraction of sp³-hybridized carbons (Fsp3) is 0.154. The van der Waals surface area contributed by atoms with Crippen LogP contribution in [0.4, 0.5) is 19.0 Å². The van der Waals surface area contributed by atoms with Crippen LogP contribution in [0.1, 0.15) is 11.1 Å². The zero-order chi connectivity index (χ0) is 13.9. The predicted octanol–water partition coefficient (Wildman–Crippen LogP) is 3.01. The fourth-order valence-electron chi connectivity index (χ4n) is 1.56. The first-order chi connectivity index (χ1) is 8.95. The average Bonchev–Trinajstić information content (AvgIpc) is 2.36. The van der Waals surface area contributed by atoms with Gasteiger partial charge in [-0.15, -0.1) is 0 Å². The summed E-state index contributed by atoms with van der Waals surface area (Å²) in [6.07, 6.45) is -2.83. The van der Waals surface area contributed by atoms with Gasteiger partial charge in [-0.2, -0.15) is 13.2 Å². The van der Waals surface area contributed by atoms with Crippen LogP contribution in [-0.4, -0.2) is 4.98 Å². The highest BCUT2D eigenvalue weighted by Gasteiger charge is 2.29. The molecule has 0 bridgehead atoms. The summed E-state index contributed by atoms with van der Waals surface area (Å²) in [5, 5.41) is 2.92. The van der Waals surface area contributed by atoms with Gasteiger partial charge in [0.05, 0.1) is 5.56 Å². The molecule has 0 amide bonds. The summed E-state index contributed by atoms with van der Waals surface area (Å²) >= 11 is 0. The number of rotatable bonds is 3. The van der Waals surface area contributed by atoms with Crippen LogP contribution in [0.25, 0.3) is 0 Å². The summed E-state index contributed by atoms with van der Waals surface area (Å²) in [4.78, 5) is 13.9. The zero-order valence-electron chi connectivity index (χ0n) is 9.79. The highest BCUT2D eigenvalue weighted by molar-refractivity contribution is 5.35. The number of hydrogen-bond donors (Lipinski definition) is 2. The lowest BCUT2D eigenvalue weighted by Crippen LogP contribution is -2.07. The van der Waals surface area contributed by atoms with E-state index < -0.39 is 11.7 Å². The number of aromatic amines is 1. The van der Waals surface area contributed by atoms with Crippen LogP contribution in [0, 0.1) is 0 Å². The van der Waals surface area contributed by atoms with Gasteiger partial charge in [-0.05, 0) is 17.7 Å². The molecule has 100 valence electrons. The molecule has 0 atom stereocenters. The Kier molecular flexibility index (Phi) is 3.59. The number of nitrogens with one attached hydrogen (secondary N) is 2. The van der Waals surface area contributed by atoms with Gasteiger partial charge in [-0.1, -0.05) is 12.1 Å². The molecule has 0 aliphatic rings. The smallest absolute Gasteiger partial charge is 0.367 e. The highest BCUT2D eigenvalue weighted by atomic mass is 19.4. The van der Waals surface area contributed by atoms with E-state index in [1.165, 1.54) is 30.5 Å². The third-order valence-corrected chi connectivity index (χ3v) is 2.54. The lowest BCUT2D eigenvalue weighted by molar-refractivity contribution is -0.137. The molecule has 0 saturated heterocycles. The number of alkyl halides is 3. The fourth-order valence-corrected chi connectivity index (χ4v) is 1.56. The molecular weight excluding hydrogens is 257 g/mol. The topological polar surface area (TPSA) is 44.9 Å². The molecule has 0 unspecified atom stereocenters. The Hall–Kier alpha value is -2.24. The van der Waals surface area contributed by atoms with E-state index in [0.717, 1.165) is 12.1 Å². The molecule has 0 radical (unpaired) electrons. The maximum absolute atomic E-state index is 12.4. The normalized spacial score (nSPS) is 11.3. The molecule has 1 aromatic carbocycles. The van der Waals surface area contributed by atoms with Gasteiger partial charge in [0.1, 0.15) is 5.82 Å². The summed E-state index contributed by atoms with van der Waals surface area (Å²) < 4.78 is 37.1. The van der Waals surface area contributed by atoms with Gasteiger partial charge >= 0.3 is 6.18 Å². The van der Waals surface area contributed by atoms with Crippen molar-refractivity contribution in [3.8, 4) is 0 Å². The number of benzene rings is 1. The van der Waals surface area contributed by atoms with Crippen molar-refractivity contribution >= 4 is 5.82 Å². The van der Waals surface area contributed by atoms with Crippen molar-refractivity contribution in [2.24, 2.45) is 0 Å². The van der Waals surface area contributed by atoms with Gasteiger partial charge in [0, 0.05) is 24.9 Å². The van der Waals surface area contributed by atoms with E-state index >= 15 is 0 Å². The first-order valence-electron chi connectivity index (χ1n) is 5.54. The molecule has 19 heavy (non-hydrogen) atoms. The van der Waals surface area contributed by atoms with E-state index in [1.807, 2.05) is 0 Å². The van der Waals surface area contributed by atoms with E-state index in [0.29, 0.717) is 17.9 Å². The molecule has 0 saturated carbocycles. The summed E-state index contributed by atoms with van der Waals surface area (Å²) in [7, 11) is 0. The minimum Gasteiger partial charge on any atom is -0.367 e. The van der Waals surface area contributed by atoms with Gasteiger partial charge < -0.3 is 10.3 Å². The lowest BCUT2D eigenvalue weighted by atomic mass is 10.1. The van der Waals surface area contributed by atoms with Crippen molar-refractivity contribution < 1.29 is 13.2 Å². The van der Waals surface area contributed by atoms with E-state index in [2.05, 4.69) is 10.3 Å². The zero-order valence-corrected chi connectivity index (χ0v) is 9.79. The monoisotopic (exact) mass is 268 g/mol. The average molecular weight is 268 g/mol. The quantitative estimate of drug-likeness (QED) is 0.898. The number of anilines is 1. The van der Waals surface area contributed by atoms with Gasteiger partial charge in [-0.3, -0.25) is 4.79 Å². The van der Waals surface area contributed by atoms with Crippen molar-refractivity contribution in [3.63, 3.8) is 0 Å². The van der Waals surface area contributed by atoms with Crippen molar-refractivity contribution in [2.45, 2.75) is 12.7 Å². The van der Waals surface area contributed by atoms with Gasteiger partial charge in [-0.25, -0.2) is 0 Å². The summed E-state index contributed by atoms with van der Waals surface area (Å²) in [5.74, 6) is 0.521. The lowest BCUT2D eigenvalue weighted by Gasteiger charge is -2.09. The summed E-state index contributed by atoms with van der Waals surface area (Å²) in [5.41, 5.74) is -0.129. The molecule has 1 heterocycles. The van der Waals surface area contributed by atoms with Crippen LogP contribution >= 0.6 is 0 Å². The van der Waals surface area contributed by atoms with Gasteiger partial charge in [0.25, 0.3) is 0 Å². The molecule has 2 aromatic rings. The highest BCUT2D eigenvalue weighted by Crippen LogP contribution is 2.29. The second-order valence-corrected chi connectivity index (χ2v) is 3.99. The Bertz CT molecular complexity index is 602. The van der Waals surface area contributed by atoms with E-state index in [9.17, 15) is 18.0 Å². The Balaban J connectivity index is 2.03. The Morgan fingerprint density at radius 3 is 2.37 bits per heavy atom. The molecule has 1 aromatic heterocycles.